The Hall–Kier alpha value is -1.14. The Balaban J connectivity index is 2.86. The van der Waals surface area contributed by atoms with Gasteiger partial charge in [0.2, 0.25) is 0 Å². The number of carbonyl (C=O) groups is 1. The molecule has 6 heteroatoms. The number of benzene rings is 1. The van der Waals surface area contributed by atoms with Crippen molar-refractivity contribution in [1.29, 1.82) is 0 Å². The van der Waals surface area contributed by atoms with Crippen molar-refractivity contribution < 1.29 is 9.90 Å². The van der Waals surface area contributed by atoms with Gasteiger partial charge in [0.1, 0.15) is 5.75 Å². The Labute approximate surface area is 113 Å². The lowest BCUT2D eigenvalue weighted by molar-refractivity contribution is 0.0943. The average molecular weight is 317 g/mol. The summed E-state index contributed by atoms with van der Waals surface area (Å²) >= 11 is 8.03. The topological polar surface area (TPSA) is 75.3 Å². The average Bonchev–Trinajstić information content (AvgIpc) is 2.24. The van der Waals surface area contributed by atoms with Crippen LogP contribution in [-0.2, 0) is 0 Å². The van der Waals surface area contributed by atoms with Crippen LogP contribution in [0.15, 0.2) is 22.7 Å². The summed E-state index contributed by atoms with van der Waals surface area (Å²) in [6.07, 6.45) is 0.609. The summed E-state index contributed by atoms with van der Waals surface area (Å²) in [7, 11) is 0. The SMILES string of the molecule is CCC(NC(=O)c1ccc(Br)cc1O)C(N)=S. The zero-order chi connectivity index (χ0) is 13.0. The summed E-state index contributed by atoms with van der Waals surface area (Å²) in [4.78, 5) is 12.1. The van der Waals surface area contributed by atoms with E-state index in [1.54, 1.807) is 6.07 Å². The van der Waals surface area contributed by atoms with Gasteiger partial charge in [0.25, 0.3) is 5.91 Å². The largest absolute Gasteiger partial charge is 0.507 e. The Morgan fingerprint density at radius 2 is 2.29 bits per heavy atom. The molecular weight excluding hydrogens is 304 g/mol. The number of thiocarbonyl (C=S) groups is 1. The molecule has 1 amide bonds. The predicted molar refractivity (Wildman–Crippen MR) is 74.1 cm³/mol. The van der Waals surface area contributed by atoms with E-state index in [9.17, 15) is 9.90 Å². The number of hydrogen-bond donors (Lipinski definition) is 3. The number of nitrogens with two attached hydrogens (primary N) is 1. The highest BCUT2D eigenvalue weighted by atomic mass is 79.9. The summed E-state index contributed by atoms with van der Waals surface area (Å²) in [5, 5.41) is 12.3. The third kappa shape index (κ3) is 3.67. The third-order valence-corrected chi connectivity index (χ3v) is 3.04. The molecule has 0 heterocycles. The van der Waals surface area contributed by atoms with Crippen LogP contribution in [0.1, 0.15) is 23.7 Å². The molecule has 0 saturated carbocycles. The second-order valence-corrected chi connectivity index (χ2v) is 4.89. The number of nitrogens with one attached hydrogen (secondary N) is 1. The van der Waals surface area contributed by atoms with Gasteiger partial charge in [0.05, 0.1) is 16.6 Å². The highest BCUT2D eigenvalue weighted by Crippen LogP contribution is 2.22. The quantitative estimate of drug-likeness (QED) is 0.742. The molecular formula is C11H13BrN2O2S. The van der Waals surface area contributed by atoms with Gasteiger partial charge in [-0.3, -0.25) is 4.79 Å². The third-order valence-electron chi connectivity index (χ3n) is 2.26. The van der Waals surface area contributed by atoms with Crippen molar-refractivity contribution in [3.05, 3.63) is 28.2 Å². The number of hydrogen-bond acceptors (Lipinski definition) is 3. The van der Waals surface area contributed by atoms with E-state index in [4.69, 9.17) is 18.0 Å². The Kier molecular flexibility index (Phi) is 4.89. The van der Waals surface area contributed by atoms with Crippen molar-refractivity contribution in [2.75, 3.05) is 0 Å². The maximum Gasteiger partial charge on any atom is 0.255 e. The fraction of sp³-hybridized carbons (Fsp3) is 0.273. The van der Waals surface area contributed by atoms with Crippen molar-refractivity contribution in [2.24, 2.45) is 5.73 Å². The second-order valence-electron chi connectivity index (χ2n) is 3.50. The molecule has 0 fully saturated rings. The minimum absolute atomic E-state index is 0.0883. The maximum absolute atomic E-state index is 11.8. The van der Waals surface area contributed by atoms with E-state index in [1.165, 1.54) is 12.1 Å². The summed E-state index contributed by atoms with van der Waals surface area (Å²) in [5.41, 5.74) is 5.68. The number of amides is 1. The Morgan fingerprint density at radius 3 is 2.76 bits per heavy atom. The lowest BCUT2D eigenvalue weighted by atomic mass is 10.1. The molecule has 0 aromatic heterocycles. The molecule has 1 aromatic rings. The molecule has 0 saturated heterocycles. The molecule has 4 N–H and O–H groups in total. The molecule has 1 atom stereocenters. The number of rotatable bonds is 4. The molecule has 17 heavy (non-hydrogen) atoms. The number of aromatic hydroxyl groups is 1. The smallest absolute Gasteiger partial charge is 0.255 e. The monoisotopic (exact) mass is 316 g/mol. The molecule has 0 aliphatic rings. The summed E-state index contributed by atoms with van der Waals surface area (Å²) in [6.45, 7) is 1.87. The van der Waals surface area contributed by atoms with Crippen molar-refractivity contribution >= 4 is 39.0 Å². The van der Waals surface area contributed by atoms with Gasteiger partial charge < -0.3 is 16.2 Å². The van der Waals surface area contributed by atoms with Crippen LogP contribution in [-0.4, -0.2) is 22.0 Å². The molecule has 0 radical (unpaired) electrons. The van der Waals surface area contributed by atoms with E-state index in [-0.39, 0.29) is 22.3 Å². The first-order valence-corrected chi connectivity index (χ1v) is 6.24. The van der Waals surface area contributed by atoms with Gasteiger partial charge >= 0.3 is 0 Å². The molecule has 4 nitrogen and oxygen atoms in total. The number of carbonyl (C=O) groups excluding carboxylic acids is 1. The predicted octanol–water partition coefficient (Wildman–Crippen LogP) is 1.95. The Morgan fingerprint density at radius 1 is 1.65 bits per heavy atom. The zero-order valence-corrected chi connectivity index (χ0v) is 11.6. The van der Waals surface area contributed by atoms with Crippen LogP contribution in [0.2, 0.25) is 0 Å². The first-order chi connectivity index (χ1) is 7.95. The van der Waals surface area contributed by atoms with E-state index in [1.807, 2.05) is 6.92 Å². The first-order valence-electron chi connectivity index (χ1n) is 5.04. The fourth-order valence-corrected chi connectivity index (χ4v) is 1.88. The van der Waals surface area contributed by atoms with Gasteiger partial charge in [0, 0.05) is 4.47 Å². The molecule has 1 aromatic carbocycles. The second kappa shape index (κ2) is 5.97. The van der Waals surface area contributed by atoms with Gasteiger partial charge in [-0.25, -0.2) is 0 Å². The molecule has 0 bridgehead atoms. The Bertz CT molecular complexity index is 451. The van der Waals surface area contributed by atoms with E-state index < -0.39 is 5.91 Å². The van der Waals surface area contributed by atoms with Crippen LogP contribution in [0.3, 0.4) is 0 Å². The van der Waals surface area contributed by atoms with Crippen LogP contribution in [0.25, 0.3) is 0 Å². The van der Waals surface area contributed by atoms with Gasteiger partial charge in [-0.1, -0.05) is 35.1 Å². The lowest BCUT2D eigenvalue weighted by Crippen LogP contribution is -2.43. The normalized spacial score (nSPS) is 11.9. The van der Waals surface area contributed by atoms with Crippen LogP contribution >= 0.6 is 28.1 Å². The van der Waals surface area contributed by atoms with Crippen LogP contribution in [0, 0.1) is 0 Å². The molecule has 0 spiro atoms. The minimum Gasteiger partial charge on any atom is -0.507 e. The summed E-state index contributed by atoms with van der Waals surface area (Å²) < 4.78 is 0.702. The number of phenolic OH excluding ortho intramolecular Hbond substituents is 1. The fourth-order valence-electron chi connectivity index (χ4n) is 1.31. The van der Waals surface area contributed by atoms with Crippen molar-refractivity contribution in [2.45, 2.75) is 19.4 Å². The zero-order valence-electron chi connectivity index (χ0n) is 9.24. The summed E-state index contributed by atoms with van der Waals surface area (Å²) in [6, 6.07) is 4.30. The number of halogens is 1. The van der Waals surface area contributed by atoms with Crippen molar-refractivity contribution in [1.82, 2.24) is 5.32 Å². The molecule has 0 aliphatic heterocycles. The van der Waals surface area contributed by atoms with Gasteiger partial charge in [-0.15, -0.1) is 0 Å². The first kappa shape index (κ1) is 13.9. The highest BCUT2D eigenvalue weighted by molar-refractivity contribution is 9.10. The van der Waals surface area contributed by atoms with Gasteiger partial charge in [-0.05, 0) is 24.6 Å². The van der Waals surface area contributed by atoms with E-state index in [2.05, 4.69) is 21.2 Å². The van der Waals surface area contributed by atoms with E-state index >= 15 is 0 Å². The number of phenols is 1. The molecule has 0 aliphatic carbocycles. The minimum atomic E-state index is -0.394. The van der Waals surface area contributed by atoms with Crippen LogP contribution in [0.4, 0.5) is 0 Å². The molecule has 92 valence electrons. The van der Waals surface area contributed by atoms with Gasteiger partial charge in [-0.2, -0.15) is 0 Å². The lowest BCUT2D eigenvalue weighted by Gasteiger charge is -2.15. The van der Waals surface area contributed by atoms with Crippen molar-refractivity contribution in [3.63, 3.8) is 0 Å². The highest BCUT2D eigenvalue weighted by Gasteiger charge is 2.16. The standard InChI is InChI=1S/C11H13BrN2O2S/c1-2-8(10(13)17)14-11(16)7-4-3-6(12)5-9(7)15/h3-5,8,15H,2H2,1H3,(H2,13,17)(H,14,16). The van der Waals surface area contributed by atoms with Crippen LogP contribution in [0.5, 0.6) is 5.75 Å². The molecule has 1 unspecified atom stereocenters. The van der Waals surface area contributed by atoms with Crippen LogP contribution < -0.4 is 11.1 Å². The maximum atomic E-state index is 11.8. The van der Waals surface area contributed by atoms with Gasteiger partial charge in [0.15, 0.2) is 0 Å². The van der Waals surface area contributed by atoms with E-state index in [0.717, 1.165) is 0 Å². The van der Waals surface area contributed by atoms with Crippen molar-refractivity contribution in [3.8, 4) is 5.75 Å². The van der Waals surface area contributed by atoms with E-state index in [0.29, 0.717) is 10.9 Å². The summed E-state index contributed by atoms with van der Waals surface area (Å²) in [5.74, 6) is -0.482. The molecule has 1 rings (SSSR count).